The van der Waals surface area contributed by atoms with Crippen molar-refractivity contribution in [1.82, 2.24) is 4.72 Å². The number of nitrogens with one attached hydrogen (secondary N) is 2. The molecule has 3 aromatic carbocycles. The maximum Gasteiger partial charge on any atom is 0.241 e. The van der Waals surface area contributed by atoms with Crippen LogP contribution in [0.3, 0.4) is 0 Å². The van der Waals surface area contributed by atoms with Crippen molar-refractivity contribution < 1.29 is 18.0 Å². The fraction of sp³-hybridized carbons (Fsp3) is 0.0476. The molecule has 0 radical (unpaired) electrons. The molecule has 0 atom stereocenters. The van der Waals surface area contributed by atoms with Gasteiger partial charge in [0.25, 0.3) is 0 Å². The van der Waals surface area contributed by atoms with Gasteiger partial charge >= 0.3 is 0 Å². The minimum atomic E-state index is -3.81. The molecular weight excluding hydrogens is 456 g/mol. The Balaban J connectivity index is 1.75. The Bertz CT molecular complexity index is 1130. The van der Waals surface area contributed by atoms with Gasteiger partial charge in [-0.05, 0) is 30.3 Å². The Morgan fingerprint density at radius 3 is 2.14 bits per heavy atom. The fourth-order valence-electron chi connectivity index (χ4n) is 2.60. The summed E-state index contributed by atoms with van der Waals surface area (Å²) in [5.41, 5.74) is 1.07. The van der Waals surface area contributed by atoms with Gasteiger partial charge in [0.15, 0.2) is 5.78 Å². The summed E-state index contributed by atoms with van der Waals surface area (Å²) < 4.78 is 27.4. The summed E-state index contributed by atoms with van der Waals surface area (Å²) in [7, 11) is -3.81. The van der Waals surface area contributed by atoms with E-state index in [0.717, 1.165) is 0 Å². The lowest BCUT2D eigenvalue weighted by atomic mass is 10.0. The summed E-state index contributed by atoms with van der Waals surface area (Å²) >= 11 is 3.33. The van der Waals surface area contributed by atoms with Gasteiger partial charge in [-0.25, -0.2) is 13.1 Å². The number of rotatable bonds is 7. The number of benzene rings is 3. The Labute approximate surface area is 177 Å². The second-order valence-electron chi connectivity index (χ2n) is 6.07. The molecule has 0 fully saturated rings. The molecule has 0 unspecified atom stereocenters. The van der Waals surface area contributed by atoms with Crippen molar-refractivity contribution in [2.75, 3.05) is 11.9 Å². The van der Waals surface area contributed by atoms with Crippen LogP contribution in [0.25, 0.3) is 0 Å². The highest BCUT2D eigenvalue weighted by atomic mass is 79.9. The van der Waals surface area contributed by atoms with E-state index in [1.54, 1.807) is 66.7 Å². The third-order valence-electron chi connectivity index (χ3n) is 4.01. The quantitative estimate of drug-likeness (QED) is 0.513. The number of halogens is 1. The van der Waals surface area contributed by atoms with Gasteiger partial charge in [-0.3, -0.25) is 9.59 Å². The van der Waals surface area contributed by atoms with Gasteiger partial charge in [-0.1, -0.05) is 64.5 Å². The normalized spacial score (nSPS) is 11.1. The smallest absolute Gasteiger partial charge is 0.241 e. The standard InChI is InChI=1S/C21H17BrN2O4S/c22-16-11-12-19(18(13-16)21(26)15-7-3-1-4-8-15)24-20(25)14-23-29(27,28)17-9-5-2-6-10-17/h1-13,23H,14H2,(H,24,25). The third-order valence-corrected chi connectivity index (χ3v) is 5.92. The molecule has 29 heavy (non-hydrogen) atoms. The lowest BCUT2D eigenvalue weighted by Gasteiger charge is -2.12. The van der Waals surface area contributed by atoms with Crippen molar-refractivity contribution in [1.29, 1.82) is 0 Å². The van der Waals surface area contributed by atoms with E-state index in [2.05, 4.69) is 26.0 Å². The molecule has 0 aliphatic carbocycles. The van der Waals surface area contributed by atoms with Gasteiger partial charge < -0.3 is 5.32 Å². The Morgan fingerprint density at radius 2 is 1.48 bits per heavy atom. The van der Waals surface area contributed by atoms with Crippen LogP contribution in [0.4, 0.5) is 5.69 Å². The van der Waals surface area contributed by atoms with Gasteiger partial charge in [-0.15, -0.1) is 0 Å². The highest BCUT2D eigenvalue weighted by molar-refractivity contribution is 9.10. The average Bonchev–Trinajstić information content (AvgIpc) is 2.74. The predicted octanol–water partition coefficient (Wildman–Crippen LogP) is 3.60. The molecular formula is C21H17BrN2O4S. The maximum atomic E-state index is 12.8. The molecule has 3 rings (SSSR count). The largest absolute Gasteiger partial charge is 0.324 e. The van der Waals surface area contributed by atoms with E-state index in [1.807, 2.05) is 0 Å². The summed E-state index contributed by atoms with van der Waals surface area (Å²) in [6.07, 6.45) is 0. The molecule has 0 aliphatic rings. The Kier molecular flexibility index (Phi) is 6.58. The molecule has 148 valence electrons. The molecule has 0 aromatic heterocycles. The number of hydrogen-bond donors (Lipinski definition) is 2. The zero-order valence-corrected chi connectivity index (χ0v) is 17.5. The number of anilines is 1. The number of hydrogen-bond acceptors (Lipinski definition) is 4. The Morgan fingerprint density at radius 1 is 0.862 bits per heavy atom. The maximum absolute atomic E-state index is 12.8. The number of carbonyl (C=O) groups is 2. The van der Waals surface area contributed by atoms with Crippen LogP contribution in [0, 0.1) is 0 Å². The monoisotopic (exact) mass is 472 g/mol. The molecule has 0 spiro atoms. The number of ketones is 1. The van der Waals surface area contributed by atoms with Crippen LogP contribution in [0.1, 0.15) is 15.9 Å². The van der Waals surface area contributed by atoms with Crippen LogP contribution >= 0.6 is 15.9 Å². The average molecular weight is 473 g/mol. The first-order valence-corrected chi connectivity index (χ1v) is 10.9. The van der Waals surface area contributed by atoms with Crippen LogP contribution in [-0.4, -0.2) is 26.7 Å². The van der Waals surface area contributed by atoms with Crippen molar-refractivity contribution in [3.8, 4) is 0 Å². The summed E-state index contributed by atoms with van der Waals surface area (Å²) in [6, 6.07) is 21.3. The third kappa shape index (κ3) is 5.38. The second kappa shape index (κ2) is 9.13. The molecule has 0 bridgehead atoms. The molecule has 0 saturated carbocycles. The number of amides is 1. The van der Waals surface area contributed by atoms with Crippen molar-refractivity contribution in [2.24, 2.45) is 0 Å². The van der Waals surface area contributed by atoms with E-state index in [9.17, 15) is 18.0 Å². The van der Waals surface area contributed by atoms with Gasteiger partial charge in [0.2, 0.25) is 15.9 Å². The predicted molar refractivity (Wildman–Crippen MR) is 114 cm³/mol. The highest BCUT2D eigenvalue weighted by Crippen LogP contribution is 2.24. The minimum absolute atomic E-state index is 0.0661. The molecule has 8 heteroatoms. The summed E-state index contributed by atoms with van der Waals surface area (Å²) in [4.78, 5) is 25.2. The van der Waals surface area contributed by atoms with Gasteiger partial charge in [-0.2, -0.15) is 0 Å². The van der Waals surface area contributed by atoms with Gasteiger partial charge in [0.05, 0.1) is 17.1 Å². The van der Waals surface area contributed by atoms with E-state index in [1.165, 1.54) is 12.1 Å². The molecule has 0 heterocycles. The van der Waals surface area contributed by atoms with Gasteiger partial charge in [0.1, 0.15) is 0 Å². The van der Waals surface area contributed by atoms with Crippen LogP contribution in [-0.2, 0) is 14.8 Å². The van der Waals surface area contributed by atoms with E-state index in [0.29, 0.717) is 21.3 Å². The first-order valence-electron chi connectivity index (χ1n) is 8.61. The summed E-state index contributed by atoms with van der Waals surface area (Å²) in [5.74, 6) is -0.846. The van der Waals surface area contributed by atoms with E-state index >= 15 is 0 Å². The fourth-order valence-corrected chi connectivity index (χ4v) is 3.96. The minimum Gasteiger partial charge on any atom is -0.324 e. The van der Waals surface area contributed by atoms with Crippen molar-refractivity contribution in [3.05, 3.63) is 94.5 Å². The van der Waals surface area contributed by atoms with Crippen LogP contribution in [0.15, 0.2) is 88.2 Å². The topological polar surface area (TPSA) is 92.3 Å². The number of carbonyl (C=O) groups excluding carboxylic acids is 2. The van der Waals surface area contributed by atoms with Crippen LogP contribution < -0.4 is 10.0 Å². The molecule has 6 nitrogen and oxygen atoms in total. The Hall–Kier alpha value is -2.81. The van der Waals surface area contributed by atoms with E-state index < -0.39 is 22.5 Å². The number of sulfonamides is 1. The van der Waals surface area contributed by atoms with Crippen molar-refractivity contribution in [3.63, 3.8) is 0 Å². The molecule has 0 saturated heterocycles. The zero-order valence-electron chi connectivity index (χ0n) is 15.1. The molecule has 2 N–H and O–H groups in total. The lowest BCUT2D eigenvalue weighted by Crippen LogP contribution is -2.33. The summed E-state index contributed by atoms with van der Waals surface area (Å²) in [6.45, 7) is -0.466. The molecule has 3 aromatic rings. The van der Waals surface area contributed by atoms with Crippen molar-refractivity contribution >= 4 is 43.3 Å². The first kappa shape index (κ1) is 20.9. The summed E-state index contributed by atoms with van der Waals surface area (Å²) in [5, 5.41) is 2.60. The zero-order chi connectivity index (χ0) is 20.9. The van der Waals surface area contributed by atoms with Crippen molar-refractivity contribution in [2.45, 2.75) is 4.90 Å². The van der Waals surface area contributed by atoms with Crippen LogP contribution in [0.5, 0.6) is 0 Å². The molecule has 1 amide bonds. The van der Waals surface area contributed by atoms with Gasteiger partial charge in [0, 0.05) is 15.6 Å². The van der Waals surface area contributed by atoms with Crippen LogP contribution in [0.2, 0.25) is 0 Å². The van der Waals surface area contributed by atoms with E-state index in [-0.39, 0.29) is 10.7 Å². The molecule has 0 aliphatic heterocycles. The van der Waals surface area contributed by atoms with E-state index in [4.69, 9.17) is 0 Å². The highest BCUT2D eigenvalue weighted by Gasteiger charge is 2.18. The lowest BCUT2D eigenvalue weighted by molar-refractivity contribution is -0.115. The first-order chi connectivity index (χ1) is 13.9. The second-order valence-corrected chi connectivity index (χ2v) is 8.75. The SMILES string of the molecule is O=C(CNS(=O)(=O)c1ccccc1)Nc1ccc(Br)cc1C(=O)c1ccccc1.